The molecule has 1 fully saturated rings. The Kier molecular flexibility index (Phi) is 5.32. The van der Waals surface area contributed by atoms with E-state index in [-0.39, 0.29) is 0 Å². The molecule has 1 aromatic carbocycles. The molecule has 2 rings (SSSR count). The highest BCUT2D eigenvalue weighted by Gasteiger charge is 2.32. The molecule has 0 amide bonds. The van der Waals surface area contributed by atoms with Crippen molar-refractivity contribution < 1.29 is 4.74 Å². The van der Waals surface area contributed by atoms with Crippen molar-refractivity contribution in [3.63, 3.8) is 0 Å². The zero-order chi connectivity index (χ0) is 15.5. The van der Waals surface area contributed by atoms with Crippen LogP contribution in [0, 0.1) is 17.3 Å². The SMILES string of the molecule is CNC(c1ccc(OC)cc1)C1CCC(C(C)(C)C)CC1. The second kappa shape index (κ2) is 6.83. The highest BCUT2D eigenvalue weighted by molar-refractivity contribution is 5.29. The van der Waals surface area contributed by atoms with Crippen LogP contribution in [0.4, 0.5) is 0 Å². The number of ether oxygens (including phenoxy) is 1. The van der Waals surface area contributed by atoms with Crippen molar-refractivity contribution in [2.75, 3.05) is 14.2 Å². The smallest absolute Gasteiger partial charge is 0.118 e. The van der Waals surface area contributed by atoms with Gasteiger partial charge >= 0.3 is 0 Å². The Bertz CT molecular complexity index is 424. The first kappa shape index (κ1) is 16.4. The van der Waals surface area contributed by atoms with Crippen molar-refractivity contribution >= 4 is 0 Å². The van der Waals surface area contributed by atoms with Crippen molar-refractivity contribution in [2.45, 2.75) is 52.5 Å². The van der Waals surface area contributed by atoms with Gasteiger partial charge in [0.2, 0.25) is 0 Å². The average Bonchev–Trinajstić information content (AvgIpc) is 2.48. The van der Waals surface area contributed by atoms with E-state index in [9.17, 15) is 0 Å². The highest BCUT2D eigenvalue weighted by atomic mass is 16.5. The third-order valence-corrected chi connectivity index (χ3v) is 5.25. The minimum absolute atomic E-state index is 0.459. The number of nitrogens with one attached hydrogen (secondary N) is 1. The molecule has 0 bridgehead atoms. The molecule has 21 heavy (non-hydrogen) atoms. The number of benzene rings is 1. The van der Waals surface area contributed by atoms with Crippen LogP contribution in [0.5, 0.6) is 5.75 Å². The Morgan fingerprint density at radius 1 is 1.05 bits per heavy atom. The maximum Gasteiger partial charge on any atom is 0.118 e. The Morgan fingerprint density at radius 3 is 2.05 bits per heavy atom. The Balaban J connectivity index is 2.02. The van der Waals surface area contributed by atoms with Gasteiger partial charge in [0, 0.05) is 6.04 Å². The van der Waals surface area contributed by atoms with Gasteiger partial charge in [-0.1, -0.05) is 32.9 Å². The highest BCUT2D eigenvalue weighted by Crippen LogP contribution is 2.43. The monoisotopic (exact) mass is 289 g/mol. The fourth-order valence-electron chi connectivity index (χ4n) is 3.80. The molecule has 0 aliphatic heterocycles. The van der Waals surface area contributed by atoms with Gasteiger partial charge in [-0.2, -0.15) is 0 Å². The summed E-state index contributed by atoms with van der Waals surface area (Å²) >= 11 is 0. The van der Waals surface area contributed by atoms with E-state index in [0.717, 1.165) is 17.6 Å². The van der Waals surface area contributed by atoms with Crippen LogP contribution in [0.3, 0.4) is 0 Å². The van der Waals surface area contributed by atoms with E-state index in [4.69, 9.17) is 4.74 Å². The molecule has 1 saturated carbocycles. The number of hydrogen-bond acceptors (Lipinski definition) is 2. The van der Waals surface area contributed by atoms with Gasteiger partial charge < -0.3 is 10.1 Å². The maximum absolute atomic E-state index is 5.26. The Morgan fingerprint density at radius 2 is 1.62 bits per heavy atom. The maximum atomic E-state index is 5.26. The van der Waals surface area contributed by atoms with Crippen LogP contribution in [0.1, 0.15) is 58.1 Å². The Labute approximate surface area is 130 Å². The molecule has 0 radical (unpaired) electrons. The molecule has 1 aromatic rings. The van der Waals surface area contributed by atoms with Gasteiger partial charge in [0.25, 0.3) is 0 Å². The first-order valence-corrected chi connectivity index (χ1v) is 8.27. The van der Waals surface area contributed by atoms with Gasteiger partial charge in [-0.25, -0.2) is 0 Å². The first-order valence-electron chi connectivity index (χ1n) is 8.27. The summed E-state index contributed by atoms with van der Waals surface area (Å²) in [4.78, 5) is 0. The van der Waals surface area contributed by atoms with Crippen molar-refractivity contribution in [2.24, 2.45) is 17.3 Å². The quantitative estimate of drug-likeness (QED) is 0.859. The molecule has 0 spiro atoms. The van der Waals surface area contributed by atoms with Crippen LogP contribution in [0.2, 0.25) is 0 Å². The van der Waals surface area contributed by atoms with E-state index >= 15 is 0 Å². The van der Waals surface area contributed by atoms with Gasteiger partial charge in [0.05, 0.1) is 7.11 Å². The second-order valence-corrected chi connectivity index (χ2v) is 7.52. The molecule has 0 saturated heterocycles. The van der Waals surface area contributed by atoms with Gasteiger partial charge in [-0.15, -0.1) is 0 Å². The minimum Gasteiger partial charge on any atom is -0.497 e. The molecule has 2 heteroatoms. The lowest BCUT2D eigenvalue weighted by atomic mass is 9.68. The Hall–Kier alpha value is -1.02. The first-order chi connectivity index (χ1) is 9.95. The molecule has 1 unspecified atom stereocenters. The van der Waals surface area contributed by atoms with Gasteiger partial charge in [0.1, 0.15) is 5.75 Å². The normalized spacial score (nSPS) is 24.6. The fraction of sp³-hybridized carbons (Fsp3) is 0.684. The van der Waals surface area contributed by atoms with Crippen molar-refractivity contribution in [3.8, 4) is 5.75 Å². The average molecular weight is 289 g/mol. The second-order valence-electron chi connectivity index (χ2n) is 7.52. The van der Waals surface area contributed by atoms with Crippen molar-refractivity contribution in [1.82, 2.24) is 5.32 Å². The van der Waals surface area contributed by atoms with Crippen molar-refractivity contribution in [1.29, 1.82) is 0 Å². The van der Waals surface area contributed by atoms with Crippen LogP contribution < -0.4 is 10.1 Å². The lowest BCUT2D eigenvalue weighted by Gasteiger charge is -2.39. The topological polar surface area (TPSA) is 21.3 Å². The van der Waals surface area contributed by atoms with Crippen LogP contribution in [0.25, 0.3) is 0 Å². The standard InChI is InChI=1S/C19H31NO/c1-19(2,3)16-10-6-14(7-11-16)18(20-4)15-8-12-17(21-5)13-9-15/h8-9,12-14,16,18,20H,6-7,10-11H2,1-5H3. The third-order valence-electron chi connectivity index (χ3n) is 5.25. The molecule has 1 N–H and O–H groups in total. The molecule has 118 valence electrons. The zero-order valence-corrected chi connectivity index (χ0v) is 14.3. The summed E-state index contributed by atoms with van der Waals surface area (Å²) in [5.41, 5.74) is 1.85. The summed E-state index contributed by atoms with van der Waals surface area (Å²) in [6.07, 6.45) is 5.39. The van der Waals surface area contributed by atoms with Crippen molar-refractivity contribution in [3.05, 3.63) is 29.8 Å². The largest absolute Gasteiger partial charge is 0.497 e. The van der Waals surface area contributed by atoms with E-state index in [2.05, 4.69) is 57.4 Å². The summed E-state index contributed by atoms with van der Waals surface area (Å²) in [5, 5.41) is 3.54. The van der Waals surface area contributed by atoms with E-state index in [1.807, 2.05) is 0 Å². The minimum atomic E-state index is 0.459. The summed E-state index contributed by atoms with van der Waals surface area (Å²) in [6, 6.07) is 9.02. The van der Waals surface area contributed by atoms with Crippen LogP contribution in [-0.2, 0) is 0 Å². The zero-order valence-electron chi connectivity index (χ0n) is 14.3. The van der Waals surface area contributed by atoms with Gasteiger partial charge in [0.15, 0.2) is 0 Å². The summed E-state index contributed by atoms with van der Waals surface area (Å²) < 4.78 is 5.26. The molecular formula is C19H31NO. The molecule has 0 aromatic heterocycles. The van der Waals surface area contributed by atoms with Crippen LogP contribution in [0.15, 0.2) is 24.3 Å². The molecule has 1 atom stereocenters. The summed E-state index contributed by atoms with van der Waals surface area (Å²) in [5.74, 6) is 2.56. The molecule has 0 heterocycles. The summed E-state index contributed by atoms with van der Waals surface area (Å²) in [6.45, 7) is 7.16. The lowest BCUT2D eigenvalue weighted by Crippen LogP contribution is -2.32. The van der Waals surface area contributed by atoms with Gasteiger partial charge in [-0.3, -0.25) is 0 Å². The summed E-state index contributed by atoms with van der Waals surface area (Å²) in [7, 11) is 3.81. The van der Waals surface area contributed by atoms with E-state index in [0.29, 0.717) is 11.5 Å². The number of rotatable bonds is 4. The molecular weight excluding hydrogens is 258 g/mol. The van der Waals surface area contributed by atoms with E-state index in [1.54, 1.807) is 7.11 Å². The van der Waals surface area contributed by atoms with Crippen LogP contribution in [-0.4, -0.2) is 14.2 Å². The van der Waals surface area contributed by atoms with E-state index in [1.165, 1.54) is 31.2 Å². The lowest BCUT2D eigenvalue weighted by molar-refractivity contribution is 0.134. The molecule has 1 aliphatic rings. The third kappa shape index (κ3) is 4.00. The predicted molar refractivity (Wildman–Crippen MR) is 89.7 cm³/mol. The molecule has 2 nitrogen and oxygen atoms in total. The van der Waals surface area contributed by atoms with E-state index < -0.39 is 0 Å². The predicted octanol–water partition coefficient (Wildman–Crippen LogP) is 4.81. The van der Waals surface area contributed by atoms with Crippen LogP contribution >= 0.6 is 0 Å². The molecule has 1 aliphatic carbocycles. The fourth-order valence-corrected chi connectivity index (χ4v) is 3.80. The number of hydrogen-bond donors (Lipinski definition) is 1. The number of methoxy groups -OCH3 is 1. The van der Waals surface area contributed by atoms with Gasteiger partial charge in [-0.05, 0) is 67.7 Å².